The fraction of sp³-hybridized carbons (Fsp3) is 0.857. The van der Waals surface area contributed by atoms with Crippen LogP contribution in [0.4, 0.5) is 0 Å². The first-order chi connectivity index (χ1) is 9.10. The standard InChI is InChI=1S/C14H23N3O2/c1-11-8-17(9-12(2)19-11)14(18)10-16(7-3-6-15)13-4-5-13/h11-13H,3-5,7-10H2,1-2H3/t11-,12+. The highest BCUT2D eigenvalue weighted by molar-refractivity contribution is 5.78. The molecule has 1 heterocycles. The highest BCUT2D eigenvalue weighted by Gasteiger charge is 2.32. The second kappa shape index (κ2) is 6.36. The maximum atomic E-state index is 12.3. The Bertz CT molecular complexity index is 352. The Morgan fingerprint density at radius 2 is 2.00 bits per heavy atom. The Labute approximate surface area is 115 Å². The molecule has 106 valence electrons. The molecule has 0 N–H and O–H groups in total. The van der Waals surface area contributed by atoms with Gasteiger partial charge in [0, 0.05) is 32.1 Å². The summed E-state index contributed by atoms with van der Waals surface area (Å²) in [5, 5.41) is 8.68. The summed E-state index contributed by atoms with van der Waals surface area (Å²) in [4.78, 5) is 16.4. The molecule has 0 spiro atoms. The van der Waals surface area contributed by atoms with Crippen molar-refractivity contribution >= 4 is 5.91 Å². The van der Waals surface area contributed by atoms with Gasteiger partial charge >= 0.3 is 0 Å². The normalized spacial score (nSPS) is 27.4. The van der Waals surface area contributed by atoms with Crippen LogP contribution in [0.2, 0.25) is 0 Å². The Balaban J connectivity index is 1.86. The van der Waals surface area contributed by atoms with E-state index in [1.807, 2.05) is 18.7 Å². The van der Waals surface area contributed by atoms with Crippen LogP contribution in [0.25, 0.3) is 0 Å². The minimum atomic E-state index is 0.112. The van der Waals surface area contributed by atoms with Gasteiger partial charge in [-0.25, -0.2) is 0 Å². The zero-order chi connectivity index (χ0) is 13.8. The summed E-state index contributed by atoms with van der Waals surface area (Å²) < 4.78 is 5.65. The second-order valence-electron chi connectivity index (χ2n) is 5.67. The van der Waals surface area contributed by atoms with E-state index in [2.05, 4.69) is 11.0 Å². The predicted molar refractivity (Wildman–Crippen MR) is 71.4 cm³/mol. The van der Waals surface area contributed by atoms with Gasteiger partial charge < -0.3 is 9.64 Å². The third-order valence-corrected chi connectivity index (χ3v) is 3.68. The van der Waals surface area contributed by atoms with Crippen molar-refractivity contribution in [2.24, 2.45) is 0 Å². The summed E-state index contributed by atoms with van der Waals surface area (Å²) in [7, 11) is 0. The summed E-state index contributed by atoms with van der Waals surface area (Å²) >= 11 is 0. The van der Waals surface area contributed by atoms with Crippen LogP contribution in [-0.2, 0) is 9.53 Å². The number of carbonyl (C=O) groups is 1. The molecule has 1 amide bonds. The van der Waals surface area contributed by atoms with Crippen molar-refractivity contribution in [3.05, 3.63) is 0 Å². The lowest BCUT2D eigenvalue weighted by atomic mass is 10.2. The lowest BCUT2D eigenvalue weighted by molar-refractivity contribution is -0.144. The Kier molecular flexibility index (Phi) is 4.78. The quantitative estimate of drug-likeness (QED) is 0.744. The first-order valence-corrected chi connectivity index (χ1v) is 7.14. The van der Waals surface area contributed by atoms with Crippen LogP contribution in [0.1, 0.15) is 33.1 Å². The lowest BCUT2D eigenvalue weighted by Gasteiger charge is -2.36. The minimum Gasteiger partial charge on any atom is -0.372 e. The van der Waals surface area contributed by atoms with Crippen molar-refractivity contribution in [2.45, 2.75) is 51.4 Å². The number of amides is 1. The summed E-state index contributed by atoms with van der Waals surface area (Å²) in [5.41, 5.74) is 0. The minimum absolute atomic E-state index is 0.112. The molecule has 0 aromatic carbocycles. The smallest absolute Gasteiger partial charge is 0.236 e. The summed E-state index contributed by atoms with van der Waals surface area (Å²) in [6.45, 7) is 6.53. The van der Waals surface area contributed by atoms with Gasteiger partial charge in [-0.15, -0.1) is 0 Å². The van der Waals surface area contributed by atoms with Gasteiger partial charge in [0.05, 0.1) is 24.8 Å². The summed E-state index contributed by atoms with van der Waals surface area (Å²) in [6, 6.07) is 2.68. The van der Waals surface area contributed by atoms with Crippen LogP contribution in [0.15, 0.2) is 0 Å². The molecule has 0 aromatic heterocycles. The third-order valence-electron chi connectivity index (χ3n) is 3.68. The Hall–Kier alpha value is -1.12. The van der Waals surface area contributed by atoms with Gasteiger partial charge in [-0.2, -0.15) is 5.26 Å². The van der Waals surface area contributed by atoms with E-state index in [1.165, 1.54) is 0 Å². The average molecular weight is 265 g/mol. The monoisotopic (exact) mass is 265 g/mol. The molecule has 2 rings (SSSR count). The second-order valence-corrected chi connectivity index (χ2v) is 5.67. The number of ether oxygens (including phenoxy) is 1. The molecule has 5 heteroatoms. The number of nitrogens with zero attached hydrogens (tertiary/aromatic N) is 3. The maximum absolute atomic E-state index is 12.3. The van der Waals surface area contributed by atoms with Crippen molar-refractivity contribution in [3.63, 3.8) is 0 Å². The van der Waals surface area contributed by atoms with Gasteiger partial charge in [-0.1, -0.05) is 0 Å². The first kappa shape index (κ1) is 14.3. The molecule has 1 saturated carbocycles. The van der Waals surface area contributed by atoms with E-state index < -0.39 is 0 Å². The number of hydrogen-bond donors (Lipinski definition) is 0. The molecule has 0 bridgehead atoms. The van der Waals surface area contributed by atoms with E-state index in [4.69, 9.17) is 10.00 Å². The number of rotatable bonds is 5. The summed E-state index contributed by atoms with van der Waals surface area (Å²) in [5.74, 6) is 0.173. The van der Waals surface area contributed by atoms with Crippen LogP contribution >= 0.6 is 0 Å². The third kappa shape index (κ3) is 4.19. The molecule has 1 aliphatic carbocycles. The fourth-order valence-corrected chi connectivity index (χ4v) is 2.68. The van der Waals surface area contributed by atoms with E-state index in [0.717, 1.165) is 12.8 Å². The predicted octanol–water partition coefficient (Wildman–Crippen LogP) is 1.00. The zero-order valence-corrected chi connectivity index (χ0v) is 11.8. The van der Waals surface area contributed by atoms with Gasteiger partial charge in [-0.3, -0.25) is 9.69 Å². The topological polar surface area (TPSA) is 56.6 Å². The molecular weight excluding hydrogens is 242 g/mol. The van der Waals surface area contributed by atoms with Crippen molar-refractivity contribution in [2.75, 3.05) is 26.2 Å². The molecule has 2 atom stereocenters. The van der Waals surface area contributed by atoms with Crippen molar-refractivity contribution in [1.82, 2.24) is 9.80 Å². The molecule has 5 nitrogen and oxygen atoms in total. The van der Waals surface area contributed by atoms with Crippen LogP contribution in [0, 0.1) is 11.3 Å². The fourth-order valence-electron chi connectivity index (χ4n) is 2.68. The van der Waals surface area contributed by atoms with Crippen LogP contribution < -0.4 is 0 Å². The SMILES string of the molecule is C[C@@H]1CN(C(=O)CN(CCC#N)C2CC2)C[C@H](C)O1. The average Bonchev–Trinajstić information content (AvgIpc) is 3.17. The molecule has 1 saturated heterocycles. The van der Waals surface area contributed by atoms with Crippen molar-refractivity contribution < 1.29 is 9.53 Å². The highest BCUT2D eigenvalue weighted by atomic mass is 16.5. The van der Waals surface area contributed by atoms with Gasteiger partial charge in [0.2, 0.25) is 5.91 Å². The summed E-state index contributed by atoms with van der Waals surface area (Å²) in [6.07, 6.45) is 3.05. The number of morpholine rings is 1. The molecule has 2 aliphatic rings. The van der Waals surface area contributed by atoms with Crippen LogP contribution in [0.3, 0.4) is 0 Å². The van der Waals surface area contributed by atoms with E-state index in [0.29, 0.717) is 38.6 Å². The number of hydrogen-bond acceptors (Lipinski definition) is 4. The zero-order valence-electron chi connectivity index (χ0n) is 11.8. The van der Waals surface area contributed by atoms with Gasteiger partial charge in [0.25, 0.3) is 0 Å². The first-order valence-electron chi connectivity index (χ1n) is 7.14. The number of carbonyl (C=O) groups excluding carboxylic acids is 1. The van der Waals surface area contributed by atoms with Crippen molar-refractivity contribution in [1.29, 1.82) is 5.26 Å². The molecule has 0 unspecified atom stereocenters. The highest BCUT2D eigenvalue weighted by Crippen LogP contribution is 2.27. The van der Waals surface area contributed by atoms with E-state index in [-0.39, 0.29) is 18.1 Å². The maximum Gasteiger partial charge on any atom is 0.236 e. The van der Waals surface area contributed by atoms with Gasteiger partial charge in [0.15, 0.2) is 0 Å². The molecular formula is C14H23N3O2. The molecule has 19 heavy (non-hydrogen) atoms. The lowest BCUT2D eigenvalue weighted by Crippen LogP contribution is -2.51. The van der Waals surface area contributed by atoms with Gasteiger partial charge in [0.1, 0.15) is 0 Å². The molecule has 0 aromatic rings. The Morgan fingerprint density at radius 3 is 2.53 bits per heavy atom. The Morgan fingerprint density at radius 1 is 1.37 bits per heavy atom. The molecule has 2 fully saturated rings. The van der Waals surface area contributed by atoms with Crippen molar-refractivity contribution in [3.8, 4) is 6.07 Å². The van der Waals surface area contributed by atoms with Gasteiger partial charge in [-0.05, 0) is 26.7 Å². The van der Waals surface area contributed by atoms with Crippen LogP contribution in [0.5, 0.6) is 0 Å². The largest absolute Gasteiger partial charge is 0.372 e. The van der Waals surface area contributed by atoms with E-state index >= 15 is 0 Å². The van der Waals surface area contributed by atoms with E-state index in [9.17, 15) is 4.79 Å². The van der Waals surface area contributed by atoms with Crippen LogP contribution in [-0.4, -0.2) is 60.1 Å². The number of nitriles is 1. The molecule has 0 radical (unpaired) electrons. The molecule has 1 aliphatic heterocycles. The van der Waals surface area contributed by atoms with E-state index in [1.54, 1.807) is 0 Å².